The van der Waals surface area contributed by atoms with Crippen molar-refractivity contribution in [2.45, 2.75) is 33.4 Å². The summed E-state index contributed by atoms with van der Waals surface area (Å²) in [6.45, 7) is 7.00. The van der Waals surface area contributed by atoms with Gasteiger partial charge in [-0.2, -0.15) is 0 Å². The first-order chi connectivity index (χ1) is 14.0. The van der Waals surface area contributed by atoms with Crippen LogP contribution in [0.5, 0.6) is 5.75 Å². The van der Waals surface area contributed by atoms with Gasteiger partial charge in [0.2, 0.25) is 0 Å². The van der Waals surface area contributed by atoms with Crippen molar-refractivity contribution in [2.24, 2.45) is 0 Å². The van der Waals surface area contributed by atoms with Crippen molar-refractivity contribution in [3.8, 4) is 5.75 Å². The molecular formula is C24H27N3O2. The van der Waals surface area contributed by atoms with E-state index in [1.807, 2.05) is 49.4 Å². The summed E-state index contributed by atoms with van der Waals surface area (Å²) in [7, 11) is 1.59. The first-order valence-corrected chi connectivity index (χ1v) is 9.70. The Bertz CT molecular complexity index is 954. The summed E-state index contributed by atoms with van der Waals surface area (Å²) in [5.41, 5.74) is 3.41. The molecule has 1 aromatic heterocycles. The molecule has 0 bridgehead atoms. The molecule has 0 atom stereocenters. The maximum absolute atomic E-state index is 12.7. The van der Waals surface area contributed by atoms with Crippen molar-refractivity contribution in [3.63, 3.8) is 0 Å². The molecule has 1 N–H and O–H groups in total. The van der Waals surface area contributed by atoms with Gasteiger partial charge in [0.25, 0.3) is 5.91 Å². The number of carbonyl (C=O) groups is 1. The minimum absolute atomic E-state index is 0.216. The number of hydrogen-bond acceptors (Lipinski definition) is 4. The minimum atomic E-state index is -0.216. The number of carbonyl (C=O) groups excluding carboxylic acids is 1. The largest absolute Gasteiger partial charge is 0.495 e. The Morgan fingerprint density at radius 1 is 1.10 bits per heavy atom. The number of ether oxygens (including phenoxy) is 1. The number of hydrogen-bond donors (Lipinski definition) is 1. The highest BCUT2D eigenvalue weighted by atomic mass is 16.5. The van der Waals surface area contributed by atoms with Gasteiger partial charge in [-0.1, -0.05) is 36.4 Å². The van der Waals surface area contributed by atoms with Crippen LogP contribution in [0.3, 0.4) is 0 Å². The fourth-order valence-electron chi connectivity index (χ4n) is 3.11. The average molecular weight is 389 g/mol. The van der Waals surface area contributed by atoms with Gasteiger partial charge in [-0.05, 0) is 56.2 Å². The predicted molar refractivity (Wildman–Crippen MR) is 118 cm³/mol. The van der Waals surface area contributed by atoms with Gasteiger partial charge in [0.1, 0.15) is 11.6 Å². The number of aryl methyl sites for hydroxylation is 1. The summed E-state index contributed by atoms with van der Waals surface area (Å²) >= 11 is 0. The van der Waals surface area contributed by atoms with Crippen LogP contribution >= 0.6 is 0 Å². The first-order valence-electron chi connectivity index (χ1n) is 9.70. The highest BCUT2D eigenvalue weighted by molar-refractivity contribution is 6.05. The van der Waals surface area contributed by atoms with E-state index in [2.05, 4.69) is 41.2 Å². The second-order valence-corrected chi connectivity index (χ2v) is 7.27. The van der Waals surface area contributed by atoms with Crippen molar-refractivity contribution >= 4 is 17.4 Å². The molecule has 29 heavy (non-hydrogen) atoms. The second-order valence-electron chi connectivity index (χ2n) is 7.27. The number of nitrogens with zero attached hydrogens (tertiary/aromatic N) is 2. The van der Waals surface area contributed by atoms with Gasteiger partial charge in [-0.15, -0.1) is 0 Å². The number of pyridine rings is 1. The molecule has 5 heteroatoms. The molecule has 1 heterocycles. The Hall–Kier alpha value is -3.34. The van der Waals surface area contributed by atoms with E-state index in [-0.39, 0.29) is 11.9 Å². The van der Waals surface area contributed by atoms with Crippen LogP contribution in [0, 0.1) is 6.92 Å². The Kier molecular flexibility index (Phi) is 6.50. The molecule has 3 rings (SSSR count). The van der Waals surface area contributed by atoms with Gasteiger partial charge in [0.05, 0.1) is 18.4 Å². The summed E-state index contributed by atoms with van der Waals surface area (Å²) in [5.74, 6) is 1.25. The monoisotopic (exact) mass is 389 g/mol. The van der Waals surface area contributed by atoms with Crippen molar-refractivity contribution in [2.75, 3.05) is 17.3 Å². The highest BCUT2D eigenvalue weighted by Gasteiger charge is 2.15. The Morgan fingerprint density at radius 2 is 1.86 bits per heavy atom. The number of aromatic nitrogens is 1. The molecule has 2 aromatic carbocycles. The number of rotatable bonds is 7. The lowest BCUT2D eigenvalue weighted by Gasteiger charge is -2.28. The summed E-state index contributed by atoms with van der Waals surface area (Å²) in [6, 6.07) is 19.9. The van der Waals surface area contributed by atoms with Crippen molar-refractivity contribution in [1.82, 2.24) is 4.98 Å². The van der Waals surface area contributed by atoms with Crippen LogP contribution in [0.4, 0.5) is 11.5 Å². The summed E-state index contributed by atoms with van der Waals surface area (Å²) in [4.78, 5) is 19.4. The van der Waals surface area contributed by atoms with Crippen LogP contribution < -0.4 is 15.0 Å². The molecule has 1 amide bonds. The fourth-order valence-corrected chi connectivity index (χ4v) is 3.11. The molecule has 0 spiro atoms. The van der Waals surface area contributed by atoms with E-state index >= 15 is 0 Å². The normalized spacial score (nSPS) is 10.7. The standard InChI is InChI=1S/C24H27N3O2/c1-17(2)27(16-19-8-6-5-7-9-19)23-13-11-20(15-25-23)24(28)26-21-14-18(3)10-12-22(21)29-4/h5-15,17H,16H2,1-4H3,(H,26,28). The summed E-state index contributed by atoms with van der Waals surface area (Å²) in [6.07, 6.45) is 1.62. The minimum Gasteiger partial charge on any atom is -0.495 e. The molecule has 3 aromatic rings. The van der Waals surface area contributed by atoms with Crippen LogP contribution in [0.2, 0.25) is 0 Å². The van der Waals surface area contributed by atoms with E-state index in [0.29, 0.717) is 17.0 Å². The van der Waals surface area contributed by atoms with Gasteiger partial charge in [0, 0.05) is 18.8 Å². The van der Waals surface area contributed by atoms with E-state index < -0.39 is 0 Å². The molecular weight excluding hydrogens is 362 g/mol. The Labute approximate surface area is 172 Å². The van der Waals surface area contributed by atoms with E-state index in [1.165, 1.54) is 5.56 Å². The summed E-state index contributed by atoms with van der Waals surface area (Å²) in [5, 5.41) is 2.91. The maximum atomic E-state index is 12.7. The third-order valence-electron chi connectivity index (χ3n) is 4.73. The van der Waals surface area contributed by atoms with Crippen LogP contribution in [-0.4, -0.2) is 24.0 Å². The van der Waals surface area contributed by atoms with Crippen LogP contribution in [-0.2, 0) is 6.54 Å². The second kappa shape index (κ2) is 9.24. The number of methoxy groups -OCH3 is 1. The fraction of sp³-hybridized carbons (Fsp3) is 0.250. The van der Waals surface area contributed by atoms with Crippen LogP contribution in [0.15, 0.2) is 66.9 Å². The van der Waals surface area contributed by atoms with E-state index in [9.17, 15) is 4.79 Å². The van der Waals surface area contributed by atoms with Gasteiger partial charge in [0.15, 0.2) is 0 Å². The van der Waals surface area contributed by atoms with Crippen molar-refractivity contribution in [1.29, 1.82) is 0 Å². The van der Waals surface area contributed by atoms with Gasteiger partial charge >= 0.3 is 0 Å². The van der Waals surface area contributed by atoms with Gasteiger partial charge < -0.3 is 15.0 Å². The van der Waals surface area contributed by atoms with Gasteiger partial charge in [-0.3, -0.25) is 4.79 Å². The number of nitrogens with one attached hydrogen (secondary N) is 1. The molecule has 0 aliphatic rings. The number of anilines is 2. The van der Waals surface area contributed by atoms with E-state index in [1.54, 1.807) is 19.4 Å². The lowest BCUT2D eigenvalue weighted by atomic mass is 10.1. The first kappa shape index (κ1) is 20.4. The van der Waals surface area contributed by atoms with Crippen LogP contribution in [0.1, 0.15) is 35.3 Å². The third-order valence-corrected chi connectivity index (χ3v) is 4.73. The zero-order valence-corrected chi connectivity index (χ0v) is 17.3. The third kappa shape index (κ3) is 5.13. The maximum Gasteiger partial charge on any atom is 0.257 e. The zero-order chi connectivity index (χ0) is 20.8. The Balaban J connectivity index is 1.76. The lowest BCUT2D eigenvalue weighted by Crippen LogP contribution is -2.31. The Morgan fingerprint density at radius 3 is 2.48 bits per heavy atom. The van der Waals surface area contributed by atoms with E-state index in [4.69, 9.17) is 4.74 Å². The number of amides is 1. The lowest BCUT2D eigenvalue weighted by molar-refractivity contribution is 0.102. The van der Waals surface area contributed by atoms with Crippen LogP contribution in [0.25, 0.3) is 0 Å². The molecule has 0 fully saturated rings. The molecule has 0 saturated carbocycles. The highest BCUT2D eigenvalue weighted by Crippen LogP contribution is 2.26. The smallest absolute Gasteiger partial charge is 0.257 e. The topological polar surface area (TPSA) is 54.5 Å². The molecule has 0 unspecified atom stereocenters. The zero-order valence-electron chi connectivity index (χ0n) is 17.3. The van der Waals surface area contributed by atoms with Crippen molar-refractivity contribution in [3.05, 3.63) is 83.6 Å². The number of benzene rings is 2. The molecule has 0 aliphatic carbocycles. The molecule has 0 radical (unpaired) electrons. The quantitative estimate of drug-likeness (QED) is 0.613. The molecule has 150 valence electrons. The van der Waals surface area contributed by atoms with E-state index in [0.717, 1.165) is 17.9 Å². The van der Waals surface area contributed by atoms with Crippen molar-refractivity contribution < 1.29 is 9.53 Å². The predicted octanol–water partition coefficient (Wildman–Crippen LogP) is 5.07. The SMILES string of the molecule is COc1ccc(C)cc1NC(=O)c1ccc(N(Cc2ccccc2)C(C)C)nc1. The van der Waals surface area contributed by atoms with Gasteiger partial charge in [-0.25, -0.2) is 4.98 Å². The average Bonchev–Trinajstić information content (AvgIpc) is 2.73. The molecule has 5 nitrogen and oxygen atoms in total. The molecule has 0 aliphatic heterocycles. The summed E-state index contributed by atoms with van der Waals surface area (Å²) < 4.78 is 5.33. The molecule has 0 saturated heterocycles.